The lowest BCUT2D eigenvalue weighted by atomic mass is 10.1. The Morgan fingerprint density at radius 2 is 1.89 bits per heavy atom. The second-order valence-electron chi connectivity index (χ2n) is 7.36. The number of furan rings is 1. The van der Waals surface area contributed by atoms with Crippen molar-refractivity contribution in [3.8, 4) is 0 Å². The molecule has 152 valence electrons. The number of nitrogens with zero attached hydrogens (tertiary/aromatic N) is 2. The summed E-state index contributed by atoms with van der Waals surface area (Å²) in [6.07, 6.45) is -0.246. The maximum Gasteiger partial charge on any atom is 0.374 e. The third kappa shape index (κ3) is 3.32. The summed E-state index contributed by atoms with van der Waals surface area (Å²) in [4.78, 5) is 14.4. The fraction of sp³-hybridized carbons (Fsp3) is 0.526. The average Bonchev–Trinajstić information content (AvgIpc) is 2.97. The van der Waals surface area contributed by atoms with Gasteiger partial charge in [0.2, 0.25) is 15.8 Å². The zero-order chi connectivity index (χ0) is 20.1. The Morgan fingerprint density at radius 1 is 1.21 bits per heavy atom. The van der Waals surface area contributed by atoms with Gasteiger partial charge in [0, 0.05) is 37.1 Å². The molecule has 2 fully saturated rings. The van der Waals surface area contributed by atoms with Crippen molar-refractivity contribution in [3.05, 3.63) is 29.5 Å². The molecule has 2 unspecified atom stereocenters. The second kappa shape index (κ2) is 7.14. The summed E-state index contributed by atoms with van der Waals surface area (Å²) in [6.45, 7) is 5.78. The first-order valence-electron chi connectivity index (χ1n) is 9.34. The third-order valence-corrected chi connectivity index (χ3v) is 7.06. The standard InChI is InChI=1S/C19H24N2O6S/c1-4-25-19(22)18-12(2)16-7-15(5-6-17(16)27-18)28(23,24)21-10-13-8-20(3)9-14(11-21)26-13/h5-7,13-14H,4,8-11H2,1-3H3. The summed E-state index contributed by atoms with van der Waals surface area (Å²) < 4.78 is 44.4. The summed E-state index contributed by atoms with van der Waals surface area (Å²) >= 11 is 0. The van der Waals surface area contributed by atoms with Gasteiger partial charge in [0.15, 0.2) is 0 Å². The quantitative estimate of drug-likeness (QED) is 0.710. The van der Waals surface area contributed by atoms with Gasteiger partial charge in [0.1, 0.15) is 5.58 Å². The van der Waals surface area contributed by atoms with Crippen LogP contribution in [0.25, 0.3) is 11.0 Å². The third-order valence-electron chi connectivity index (χ3n) is 5.24. The van der Waals surface area contributed by atoms with Gasteiger partial charge in [0.25, 0.3) is 0 Å². The van der Waals surface area contributed by atoms with Crippen LogP contribution >= 0.6 is 0 Å². The number of esters is 1. The molecule has 0 amide bonds. The van der Waals surface area contributed by atoms with Gasteiger partial charge >= 0.3 is 5.97 Å². The number of fused-ring (bicyclic) bond motifs is 3. The Labute approximate surface area is 164 Å². The Balaban J connectivity index is 1.66. The summed E-state index contributed by atoms with van der Waals surface area (Å²) in [5.41, 5.74) is 1.03. The lowest BCUT2D eigenvalue weighted by Gasteiger charge is -2.44. The van der Waals surface area contributed by atoms with Crippen molar-refractivity contribution in [2.75, 3.05) is 39.8 Å². The molecule has 9 heteroatoms. The molecule has 28 heavy (non-hydrogen) atoms. The summed E-state index contributed by atoms with van der Waals surface area (Å²) in [6, 6.07) is 4.68. The van der Waals surface area contributed by atoms with E-state index in [0.29, 0.717) is 42.7 Å². The molecule has 3 heterocycles. The highest BCUT2D eigenvalue weighted by molar-refractivity contribution is 7.89. The summed E-state index contributed by atoms with van der Waals surface area (Å²) in [5.74, 6) is -0.443. The fourth-order valence-electron chi connectivity index (χ4n) is 3.96. The maximum atomic E-state index is 13.2. The normalized spacial score (nSPS) is 23.8. The number of morpholine rings is 2. The number of aryl methyl sites for hydroxylation is 1. The van der Waals surface area contributed by atoms with Crippen LogP contribution in [0.4, 0.5) is 0 Å². The van der Waals surface area contributed by atoms with E-state index in [1.54, 1.807) is 26.0 Å². The molecule has 2 aliphatic heterocycles. The molecule has 0 radical (unpaired) electrons. The van der Waals surface area contributed by atoms with E-state index in [1.807, 2.05) is 7.05 Å². The van der Waals surface area contributed by atoms with Crippen molar-refractivity contribution in [2.45, 2.75) is 31.0 Å². The van der Waals surface area contributed by atoms with Crippen LogP contribution in [0, 0.1) is 6.92 Å². The van der Waals surface area contributed by atoms with Crippen LogP contribution in [0.3, 0.4) is 0 Å². The van der Waals surface area contributed by atoms with Crippen LogP contribution in [0.5, 0.6) is 0 Å². The van der Waals surface area contributed by atoms with Gasteiger partial charge in [-0.3, -0.25) is 0 Å². The minimum absolute atomic E-state index is 0.107. The highest BCUT2D eigenvalue weighted by atomic mass is 32.2. The smallest absolute Gasteiger partial charge is 0.374 e. The second-order valence-corrected chi connectivity index (χ2v) is 9.30. The van der Waals surface area contributed by atoms with E-state index in [-0.39, 0.29) is 29.5 Å². The van der Waals surface area contributed by atoms with E-state index in [4.69, 9.17) is 13.9 Å². The van der Waals surface area contributed by atoms with Crippen molar-refractivity contribution in [1.29, 1.82) is 0 Å². The number of benzene rings is 1. The molecule has 8 nitrogen and oxygen atoms in total. The van der Waals surface area contributed by atoms with E-state index in [9.17, 15) is 13.2 Å². The fourth-order valence-corrected chi connectivity index (χ4v) is 5.49. The molecule has 0 spiro atoms. The van der Waals surface area contributed by atoms with Crippen molar-refractivity contribution in [3.63, 3.8) is 0 Å². The van der Waals surface area contributed by atoms with E-state index in [2.05, 4.69) is 4.90 Å². The zero-order valence-corrected chi connectivity index (χ0v) is 17.0. The molecule has 2 aromatic rings. The molecule has 2 aliphatic rings. The van der Waals surface area contributed by atoms with Crippen molar-refractivity contribution in [2.24, 2.45) is 0 Å². The van der Waals surface area contributed by atoms with Crippen molar-refractivity contribution in [1.82, 2.24) is 9.21 Å². The van der Waals surface area contributed by atoms with E-state index in [1.165, 1.54) is 10.4 Å². The van der Waals surface area contributed by atoms with Gasteiger partial charge in [-0.15, -0.1) is 0 Å². The molecule has 4 rings (SSSR count). The van der Waals surface area contributed by atoms with E-state index in [0.717, 1.165) is 0 Å². The van der Waals surface area contributed by atoms with Crippen LogP contribution in [0.2, 0.25) is 0 Å². The molecule has 1 aromatic carbocycles. The van der Waals surface area contributed by atoms with Crippen LogP contribution in [-0.2, 0) is 19.5 Å². The molecular weight excluding hydrogens is 384 g/mol. The predicted octanol–water partition coefficient (Wildman–Crippen LogP) is 1.62. The Morgan fingerprint density at radius 3 is 2.54 bits per heavy atom. The molecule has 2 atom stereocenters. The minimum atomic E-state index is -3.67. The number of sulfonamides is 1. The van der Waals surface area contributed by atoms with E-state index < -0.39 is 16.0 Å². The van der Waals surface area contributed by atoms with Gasteiger partial charge in [-0.2, -0.15) is 4.31 Å². The highest BCUT2D eigenvalue weighted by Crippen LogP contribution is 2.30. The number of hydrogen-bond donors (Lipinski definition) is 0. The maximum absolute atomic E-state index is 13.2. The summed E-state index contributed by atoms with van der Waals surface area (Å²) in [7, 11) is -1.66. The van der Waals surface area contributed by atoms with Gasteiger partial charge < -0.3 is 18.8 Å². The molecule has 0 N–H and O–H groups in total. The number of ether oxygens (including phenoxy) is 2. The summed E-state index contributed by atoms with van der Waals surface area (Å²) in [5, 5.41) is 0.595. The van der Waals surface area contributed by atoms with Gasteiger partial charge in [0.05, 0.1) is 23.7 Å². The number of carbonyl (C=O) groups is 1. The largest absolute Gasteiger partial charge is 0.460 e. The first-order chi connectivity index (χ1) is 13.3. The van der Waals surface area contributed by atoms with Crippen LogP contribution < -0.4 is 0 Å². The molecule has 0 aliphatic carbocycles. The zero-order valence-electron chi connectivity index (χ0n) is 16.2. The lowest BCUT2D eigenvalue weighted by Crippen LogP contribution is -2.59. The van der Waals surface area contributed by atoms with Crippen LogP contribution in [-0.4, -0.2) is 75.6 Å². The first kappa shape index (κ1) is 19.4. The molecule has 1 aromatic heterocycles. The van der Waals surface area contributed by atoms with Gasteiger partial charge in [-0.25, -0.2) is 13.2 Å². The van der Waals surface area contributed by atoms with Crippen LogP contribution in [0.1, 0.15) is 23.0 Å². The molecule has 0 saturated carbocycles. The number of rotatable bonds is 4. The lowest BCUT2D eigenvalue weighted by molar-refractivity contribution is -0.116. The monoisotopic (exact) mass is 408 g/mol. The Bertz CT molecular complexity index is 997. The first-order valence-corrected chi connectivity index (χ1v) is 10.8. The number of likely N-dealkylation sites (N-methyl/N-ethyl adjacent to an activating group) is 1. The molecular formula is C19H24N2O6S. The highest BCUT2D eigenvalue weighted by Gasteiger charge is 2.39. The Hall–Kier alpha value is -1.94. The van der Waals surface area contributed by atoms with Gasteiger partial charge in [-0.05, 0) is 39.1 Å². The topological polar surface area (TPSA) is 89.3 Å². The number of hydrogen-bond acceptors (Lipinski definition) is 7. The minimum Gasteiger partial charge on any atom is -0.460 e. The van der Waals surface area contributed by atoms with Gasteiger partial charge in [-0.1, -0.05) is 0 Å². The van der Waals surface area contributed by atoms with Crippen molar-refractivity contribution >= 4 is 27.0 Å². The van der Waals surface area contributed by atoms with Crippen molar-refractivity contribution < 1.29 is 27.1 Å². The number of carbonyl (C=O) groups excluding carboxylic acids is 1. The average molecular weight is 408 g/mol. The Kier molecular flexibility index (Phi) is 4.95. The molecule has 2 bridgehead atoms. The van der Waals surface area contributed by atoms with E-state index >= 15 is 0 Å². The molecule has 2 saturated heterocycles. The predicted molar refractivity (Wildman–Crippen MR) is 102 cm³/mol. The van der Waals surface area contributed by atoms with Crippen LogP contribution in [0.15, 0.2) is 27.5 Å². The SMILES string of the molecule is CCOC(=O)c1oc2ccc(S(=O)(=O)N3CC4CN(C)CC(C3)O4)cc2c1C.